The quantitative estimate of drug-likeness (QED) is 0.852. The van der Waals surface area contributed by atoms with Crippen molar-refractivity contribution in [2.75, 3.05) is 0 Å². The van der Waals surface area contributed by atoms with Crippen LogP contribution in [0.5, 0.6) is 0 Å². The Morgan fingerprint density at radius 1 is 1.32 bits per heavy atom. The normalized spacial score (nSPS) is 12.1. The summed E-state index contributed by atoms with van der Waals surface area (Å²) in [4.78, 5) is 18.8. The third-order valence-electron chi connectivity index (χ3n) is 2.30. The molecule has 0 radical (unpaired) electrons. The zero-order chi connectivity index (χ0) is 16.4. The number of benzene rings is 1. The second-order valence-electron chi connectivity index (χ2n) is 3.84. The van der Waals surface area contributed by atoms with Gasteiger partial charge >= 0.3 is 12.1 Å². The molecule has 0 aliphatic rings. The van der Waals surface area contributed by atoms with Crippen LogP contribution in [0, 0.1) is 0 Å². The molecule has 0 amide bonds. The van der Waals surface area contributed by atoms with Gasteiger partial charge in [0.2, 0.25) is 0 Å². The maximum Gasteiger partial charge on any atom is 0.492 e. The van der Waals surface area contributed by atoms with E-state index in [1.54, 1.807) is 11.4 Å². The van der Waals surface area contributed by atoms with Crippen LogP contribution in [0.15, 0.2) is 40.7 Å². The van der Waals surface area contributed by atoms with Gasteiger partial charge in [-0.3, -0.25) is 0 Å². The average molecular weight is 352 g/mol. The molecule has 118 valence electrons. The van der Waals surface area contributed by atoms with E-state index in [0.29, 0.717) is 10.6 Å². The Hall–Kier alpha value is -1.98. The number of rotatable bonds is 4. The lowest BCUT2D eigenvalue weighted by Crippen LogP contribution is -2.34. The molecule has 0 spiro atoms. The molecule has 1 N–H and O–H groups in total. The van der Waals surface area contributed by atoms with Crippen LogP contribution >= 0.6 is 11.3 Å². The van der Waals surface area contributed by atoms with E-state index in [2.05, 4.69) is 9.82 Å². The molecule has 0 bridgehead atoms. The number of alkyl halides is 3. The summed E-state index contributed by atoms with van der Waals surface area (Å²) in [5, 5.41) is 2.21. The van der Waals surface area contributed by atoms with Gasteiger partial charge < -0.3 is 4.84 Å². The van der Waals surface area contributed by atoms with Crippen molar-refractivity contribution in [1.29, 1.82) is 0 Å². The van der Waals surface area contributed by atoms with Crippen LogP contribution in [0.25, 0.3) is 10.6 Å². The summed E-state index contributed by atoms with van der Waals surface area (Å²) in [6, 6.07) is 5.31. The predicted molar refractivity (Wildman–Crippen MR) is 70.0 cm³/mol. The average Bonchev–Trinajstić information content (AvgIpc) is 2.98. The number of carbonyl (C=O) groups is 1. The highest BCUT2D eigenvalue weighted by molar-refractivity contribution is 7.89. The van der Waals surface area contributed by atoms with Gasteiger partial charge in [-0.25, -0.2) is 18.2 Å². The second-order valence-corrected chi connectivity index (χ2v) is 6.38. The van der Waals surface area contributed by atoms with Crippen molar-refractivity contribution in [3.63, 3.8) is 0 Å². The largest absolute Gasteiger partial charge is 0.492 e. The number of thiazole rings is 1. The zero-order valence-electron chi connectivity index (χ0n) is 10.5. The fourth-order valence-corrected chi connectivity index (χ4v) is 2.82. The Morgan fingerprint density at radius 2 is 2.05 bits per heavy atom. The van der Waals surface area contributed by atoms with Crippen LogP contribution in [0.4, 0.5) is 13.2 Å². The minimum Gasteiger partial charge on any atom is -0.348 e. The number of aromatic nitrogens is 1. The summed E-state index contributed by atoms with van der Waals surface area (Å²) in [6.07, 6.45) is -3.78. The van der Waals surface area contributed by atoms with E-state index < -0.39 is 22.2 Å². The van der Waals surface area contributed by atoms with Crippen LogP contribution in [0.2, 0.25) is 0 Å². The van der Waals surface area contributed by atoms with Crippen LogP contribution in [-0.4, -0.2) is 25.5 Å². The van der Waals surface area contributed by atoms with E-state index in [-0.39, 0.29) is 4.90 Å². The topological polar surface area (TPSA) is 85.4 Å². The lowest BCUT2D eigenvalue weighted by Gasteiger charge is -2.09. The molecule has 1 heterocycles. The van der Waals surface area contributed by atoms with E-state index >= 15 is 0 Å². The molecule has 1 aromatic carbocycles. The van der Waals surface area contributed by atoms with Crippen LogP contribution in [0.3, 0.4) is 0 Å². The van der Waals surface area contributed by atoms with Gasteiger partial charge in [0, 0.05) is 17.1 Å². The highest BCUT2D eigenvalue weighted by Crippen LogP contribution is 2.24. The van der Waals surface area contributed by atoms with Crippen LogP contribution < -0.4 is 4.89 Å². The van der Waals surface area contributed by atoms with Crippen molar-refractivity contribution in [2.24, 2.45) is 0 Å². The zero-order valence-corrected chi connectivity index (χ0v) is 12.1. The van der Waals surface area contributed by atoms with Crippen molar-refractivity contribution >= 4 is 27.3 Å². The molecular weight excluding hydrogens is 345 g/mol. The molecule has 0 saturated carbocycles. The Labute approximate surface area is 126 Å². The highest BCUT2D eigenvalue weighted by atomic mass is 32.2. The summed E-state index contributed by atoms with van der Waals surface area (Å²) < 4.78 is 59.5. The van der Waals surface area contributed by atoms with Gasteiger partial charge in [-0.05, 0) is 17.0 Å². The lowest BCUT2D eigenvalue weighted by atomic mass is 10.2. The summed E-state index contributed by atoms with van der Waals surface area (Å²) in [5.74, 6) is -2.66. The first kappa shape index (κ1) is 16.4. The fraction of sp³-hybridized carbons (Fsp3) is 0.0909. The van der Waals surface area contributed by atoms with Crippen molar-refractivity contribution < 1.29 is 31.2 Å². The smallest absolute Gasteiger partial charge is 0.348 e. The first-order valence-corrected chi connectivity index (χ1v) is 7.86. The maximum atomic E-state index is 12.0. The number of nitrogens with zero attached hydrogens (tertiary/aromatic N) is 1. The number of carbonyl (C=O) groups excluding carboxylic acids is 1. The van der Waals surface area contributed by atoms with Gasteiger partial charge in [-0.15, -0.1) is 11.3 Å². The van der Waals surface area contributed by atoms with Crippen molar-refractivity contribution in [3.8, 4) is 10.6 Å². The van der Waals surface area contributed by atoms with Crippen molar-refractivity contribution in [1.82, 2.24) is 9.87 Å². The molecule has 1 aromatic heterocycles. The summed E-state index contributed by atoms with van der Waals surface area (Å²) in [6.45, 7) is 0. The second kappa shape index (κ2) is 6.02. The Kier molecular flexibility index (Phi) is 4.49. The summed E-state index contributed by atoms with van der Waals surface area (Å²) in [7, 11) is -4.45. The predicted octanol–water partition coefficient (Wildman–Crippen LogP) is 2.11. The highest BCUT2D eigenvalue weighted by Gasteiger charge is 2.42. The van der Waals surface area contributed by atoms with E-state index in [4.69, 9.17) is 0 Å². The third kappa shape index (κ3) is 3.81. The first-order chi connectivity index (χ1) is 10.2. The number of halogens is 3. The van der Waals surface area contributed by atoms with Gasteiger partial charge in [0.05, 0.1) is 4.90 Å². The molecule has 0 saturated heterocycles. The number of nitrogens with one attached hydrogen (secondary N) is 1. The monoisotopic (exact) mass is 352 g/mol. The van der Waals surface area contributed by atoms with Crippen LogP contribution in [-0.2, 0) is 19.7 Å². The number of sulfonamides is 1. The number of hydrogen-bond donors (Lipinski definition) is 1. The van der Waals surface area contributed by atoms with Gasteiger partial charge in [-0.2, -0.15) is 13.2 Å². The van der Waals surface area contributed by atoms with Gasteiger partial charge in [0.25, 0.3) is 10.0 Å². The van der Waals surface area contributed by atoms with Gasteiger partial charge in [0.15, 0.2) is 0 Å². The standard InChI is InChI=1S/C11H7F3N2O4S2/c12-11(13,14)10(17)20-16-22(18,19)8-3-1-2-7(6-8)9-15-4-5-21-9/h1-6,16H. The lowest BCUT2D eigenvalue weighted by molar-refractivity contribution is -0.203. The van der Waals surface area contributed by atoms with Gasteiger partial charge in [0.1, 0.15) is 5.01 Å². The summed E-state index contributed by atoms with van der Waals surface area (Å²) in [5.41, 5.74) is 0.458. The molecular formula is C11H7F3N2O4S2. The molecule has 6 nitrogen and oxygen atoms in total. The molecule has 0 fully saturated rings. The molecule has 11 heteroatoms. The first-order valence-electron chi connectivity index (χ1n) is 5.50. The molecule has 2 rings (SSSR count). The van der Waals surface area contributed by atoms with Gasteiger partial charge in [-0.1, -0.05) is 12.1 Å². The summed E-state index contributed by atoms with van der Waals surface area (Å²) >= 11 is 1.26. The Balaban J connectivity index is 2.20. The minimum atomic E-state index is -5.30. The molecule has 0 aliphatic carbocycles. The van der Waals surface area contributed by atoms with E-state index in [0.717, 1.165) is 11.0 Å². The van der Waals surface area contributed by atoms with E-state index in [1.807, 2.05) is 0 Å². The molecule has 0 aliphatic heterocycles. The third-order valence-corrected chi connectivity index (χ3v) is 4.30. The molecule has 0 atom stereocenters. The fourth-order valence-electron chi connectivity index (χ4n) is 1.36. The SMILES string of the molecule is O=C(ONS(=O)(=O)c1cccc(-c2nccs2)c1)C(F)(F)F. The van der Waals surface area contributed by atoms with E-state index in [9.17, 15) is 26.4 Å². The molecule has 0 unspecified atom stereocenters. The maximum absolute atomic E-state index is 12.0. The Morgan fingerprint density at radius 3 is 2.64 bits per heavy atom. The van der Waals surface area contributed by atoms with Crippen molar-refractivity contribution in [3.05, 3.63) is 35.8 Å². The Bertz CT molecular complexity index is 773. The van der Waals surface area contributed by atoms with Crippen molar-refractivity contribution in [2.45, 2.75) is 11.1 Å². The van der Waals surface area contributed by atoms with Crippen LogP contribution in [0.1, 0.15) is 0 Å². The molecule has 22 heavy (non-hydrogen) atoms. The molecule has 2 aromatic rings. The number of hydrogen-bond acceptors (Lipinski definition) is 6. The van der Waals surface area contributed by atoms with E-state index in [1.165, 1.54) is 29.7 Å². The minimum absolute atomic E-state index is 0.366.